The SMILES string of the molecule is Cc1[nH]c(=O)sc1C(=O)NC(CC(=O)O)C(=O)O. The Morgan fingerprint density at radius 1 is 1.39 bits per heavy atom. The summed E-state index contributed by atoms with van der Waals surface area (Å²) >= 11 is 0.632. The number of carbonyl (C=O) groups is 3. The highest BCUT2D eigenvalue weighted by atomic mass is 32.1. The van der Waals surface area contributed by atoms with E-state index in [0.717, 1.165) is 0 Å². The first-order chi connectivity index (χ1) is 8.31. The molecule has 1 amide bonds. The van der Waals surface area contributed by atoms with Gasteiger partial charge in [0, 0.05) is 5.69 Å². The standard InChI is InChI=1S/C9H10N2O6S/c1-3-6(18-9(17)10-3)7(14)11-4(8(15)16)2-5(12)13/h4H,2H2,1H3,(H,10,17)(H,11,14)(H,12,13)(H,15,16). The van der Waals surface area contributed by atoms with Crippen molar-refractivity contribution in [2.45, 2.75) is 19.4 Å². The van der Waals surface area contributed by atoms with Gasteiger partial charge in [0.05, 0.1) is 6.42 Å². The Hall–Kier alpha value is -2.16. The van der Waals surface area contributed by atoms with Crippen LogP contribution in [0.2, 0.25) is 0 Å². The molecular weight excluding hydrogens is 264 g/mol. The van der Waals surface area contributed by atoms with Crippen LogP contribution in [-0.2, 0) is 9.59 Å². The molecule has 98 valence electrons. The minimum absolute atomic E-state index is 0.0386. The first-order valence-corrected chi connectivity index (χ1v) is 5.58. The summed E-state index contributed by atoms with van der Waals surface area (Å²) in [4.78, 5) is 45.8. The van der Waals surface area contributed by atoms with Crippen molar-refractivity contribution in [2.75, 3.05) is 0 Å². The smallest absolute Gasteiger partial charge is 0.326 e. The van der Waals surface area contributed by atoms with E-state index in [2.05, 4.69) is 10.3 Å². The molecule has 0 saturated carbocycles. The van der Waals surface area contributed by atoms with E-state index in [1.54, 1.807) is 0 Å². The van der Waals surface area contributed by atoms with E-state index in [0.29, 0.717) is 17.0 Å². The van der Waals surface area contributed by atoms with E-state index in [1.807, 2.05) is 0 Å². The van der Waals surface area contributed by atoms with Crippen molar-refractivity contribution in [1.29, 1.82) is 0 Å². The minimum atomic E-state index is -1.54. The molecule has 8 nitrogen and oxygen atoms in total. The van der Waals surface area contributed by atoms with E-state index < -0.39 is 35.2 Å². The second kappa shape index (κ2) is 5.45. The van der Waals surface area contributed by atoms with Crippen LogP contribution in [0.3, 0.4) is 0 Å². The summed E-state index contributed by atoms with van der Waals surface area (Å²) < 4.78 is 0. The number of aliphatic carboxylic acids is 2. The van der Waals surface area contributed by atoms with E-state index in [4.69, 9.17) is 10.2 Å². The highest BCUT2D eigenvalue weighted by Gasteiger charge is 2.25. The number of carboxylic acids is 2. The third kappa shape index (κ3) is 3.42. The summed E-state index contributed by atoms with van der Waals surface area (Å²) in [6, 6.07) is -1.54. The van der Waals surface area contributed by atoms with E-state index in [-0.39, 0.29) is 4.88 Å². The number of nitrogens with one attached hydrogen (secondary N) is 2. The molecule has 0 radical (unpaired) electrons. The molecule has 0 aliphatic heterocycles. The lowest BCUT2D eigenvalue weighted by Crippen LogP contribution is -2.42. The summed E-state index contributed by atoms with van der Waals surface area (Å²) in [6.07, 6.45) is -0.737. The van der Waals surface area contributed by atoms with Gasteiger partial charge in [-0.25, -0.2) is 4.79 Å². The van der Waals surface area contributed by atoms with Crippen LogP contribution in [0.15, 0.2) is 4.79 Å². The van der Waals surface area contributed by atoms with Crippen LogP contribution < -0.4 is 10.2 Å². The second-order valence-electron chi connectivity index (χ2n) is 3.43. The molecule has 0 saturated heterocycles. The van der Waals surface area contributed by atoms with Gasteiger partial charge in [-0.3, -0.25) is 14.4 Å². The Morgan fingerprint density at radius 2 is 2.00 bits per heavy atom. The number of aryl methyl sites for hydroxylation is 1. The number of hydrogen-bond donors (Lipinski definition) is 4. The van der Waals surface area contributed by atoms with Gasteiger partial charge in [-0.1, -0.05) is 11.3 Å². The molecule has 0 spiro atoms. The van der Waals surface area contributed by atoms with Crippen LogP contribution in [-0.4, -0.2) is 39.1 Å². The Labute approximate surface area is 104 Å². The van der Waals surface area contributed by atoms with Crippen LogP contribution in [0.5, 0.6) is 0 Å². The highest BCUT2D eigenvalue weighted by molar-refractivity contribution is 7.11. The van der Waals surface area contributed by atoms with E-state index >= 15 is 0 Å². The van der Waals surface area contributed by atoms with Gasteiger partial charge in [-0.05, 0) is 6.92 Å². The van der Waals surface area contributed by atoms with Crippen LogP contribution in [0.1, 0.15) is 21.8 Å². The first-order valence-electron chi connectivity index (χ1n) is 4.76. The first kappa shape index (κ1) is 13.9. The topological polar surface area (TPSA) is 137 Å². The molecule has 0 aliphatic rings. The molecular formula is C9H10N2O6S. The van der Waals surface area contributed by atoms with Crippen LogP contribution in [0.4, 0.5) is 0 Å². The molecule has 1 rings (SSSR count). The summed E-state index contributed by atoms with van der Waals surface area (Å²) in [6.45, 7) is 1.49. The quantitative estimate of drug-likeness (QED) is 0.566. The summed E-state index contributed by atoms with van der Waals surface area (Å²) in [7, 11) is 0. The number of aromatic nitrogens is 1. The predicted octanol–water partition coefficient (Wildman–Crippen LogP) is -0.597. The molecule has 9 heteroatoms. The van der Waals surface area contributed by atoms with Crippen LogP contribution in [0, 0.1) is 6.92 Å². The molecule has 1 aromatic rings. The monoisotopic (exact) mass is 274 g/mol. The fourth-order valence-electron chi connectivity index (χ4n) is 1.22. The van der Waals surface area contributed by atoms with Gasteiger partial charge in [0.1, 0.15) is 10.9 Å². The normalized spacial score (nSPS) is 11.8. The van der Waals surface area contributed by atoms with Crippen molar-refractivity contribution in [3.8, 4) is 0 Å². The van der Waals surface area contributed by atoms with Crippen molar-refractivity contribution in [1.82, 2.24) is 10.3 Å². The number of H-pyrrole nitrogens is 1. The average molecular weight is 274 g/mol. The number of thiazole rings is 1. The van der Waals surface area contributed by atoms with Crippen LogP contribution >= 0.6 is 11.3 Å². The van der Waals surface area contributed by atoms with Crippen molar-refractivity contribution < 1.29 is 24.6 Å². The molecule has 18 heavy (non-hydrogen) atoms. The van der Waals surface area contributed by atoms with Crippen molar-refractivity contribution in [3.05, 3.63) is 20.2 Å². The lowest BCUT2D eigenvalue weighted by molar-refractivity contribution is -0.145. The van der Waals surface area contributed by atoms with Crippen LogP contribution in [0.25, 0.3) is 0 Å². The average Bonchev–Trinajstić information content (AvgIpc) is 2.56. The maximum Gasteiger partial charge on any atom is 0.326 e. The number of rotatable bonds is 5. The third-order valence-electron chi connectivity index (χ3n) is 2.01. The number of hydrogen-bond acceptors (Lipinski definition) is 5. The number of aromatic amines is 1. The van der Waals surface area contributed by atoms with Gasteiger partial charge in [0.15, 0.2) is 0 Å². The molecule has 1 unspecified atom stereocenters. The predicted molar refractivity (Wildman–Crippen MR) is 60.8 cm³/mol. The lowest BCUT2D eigenvalue weighted by atomic mass is 10.2. The summed E-state index contributed by atoms with van der Waals surface area (Å²) in [5.41, 5.74) is 0.307. The third-order valence-corrected chi connectivity index (χ3v) is 3.00. The van der Waals surface area contributed by atoms with E-state index in [9.17, 15) is 19.2 Å². The fraction of sp³-hybridized carbons (Fsp3) is 0.333. The number of amides is 1. The zero-order chi connectivity index (χ0) is 13.9. The zero-order valence-electron chi connectivity index (χ0n) is 9.22. The van der Waals surface area contributed by atoms with Crippen molar-refractivity contribution in [2.24, 2.45) is 0 Å². The molecule has 1 heterocycles. The van der Waals surface area contributed by atoms with Gasteiger partial charge >= 0.3 is 16.8 Å². The van der Waals surface area contributed by atoms with Gasteiger partial charge in [-0.15, -0.1) is 0 Å². The van der Waals surface area contributed by atoms with Gasteiger partial charge in [-0.2, -0.15) is 0 Å². The Kier molecular flexibility index (Phi) is 4.21. The Balaban J connectivity index is 2.85. The molecule has 0 bridgehead atoms. The minimum Gasteiger partial charge on any atom is -0.481 e. The molecule has 4 N–H and O–H groups in total. The van der Waals surface area contributed by atoms with Crippen molar-refractivity contribution in [3.63, 3.8) is 0 Å². The number of carboxylic acid groups (broad SMARTS) is 2. The Morgan fingerprint density at radius 3 is 2.39 bits per heavy atom. The fourth-order valence-corrected chi connectivity index (χ4v) is 1.97. The molecule has 0 aliphatic carbocycles. The van der Waals surface area contributed by atoms with E-state index in [1.165, 1.54) is 6.92 Å². The molecule has 1 atom stereocenters. The maximum atomic E-state index is 11.7. The second-order valence-corrected chi connectivity index (χ2v) is 4.41. The molecule has 0 aromatic carbocycles. The van der Waals surface area contributed by atoms with Crippen molar-refractivity contribution >= 4 is 29.2 Å². The number of carbonyl (C=O) groups excluding carboxylic acids is 1. The van der Waals surface area contributed by atoms with Gasteiger partial charge in [0.25, 0.3) is 5.91 Å². The molecule has 0 fully saturated rings. The largest absolute Gasteiger partial charge is 0.481 e. The van der Waals surface area contributed by atoms with Gasteiger partial charge in [0.2, 0.25) is 0 Å². The highest BCUT2D eigenvalue weighted by Crippen LogP contribution is 2.08. The maximum absolute atomic E-state index is 11.7. The van der Waals surface area contributed by atoms with Gasteiger partial charge < -0.3 is 20.5 Å². The summed E-state index contributed by atoms with van der Waals surface area (Å²) in [5, 5.41) is 19.3. The lowest BCUT2D eigenvalue weighted by Gasteiger charge is -2.11. The molecule has 1 aromatic heterocycles. The Bertz CT molecular complexity index is 545. The zero-order valence-corrected chi connectivity index (χ0v) is 10.0. The summed E-state index contributed by atoms with van der Waals surface area (Å²) in [5.74, 6) is -3.59.